The first kappa shape index (κ1) is 45.9. The lowest BCUT2D eigenvalue weighted by atomic mass is 10.1. The number of nitrogen functional groups attached to an aromatic ring is 2. The van der Waals surface area contributed by atoms with Crippen molar-refractivity contribution in [1.29, 1.82) is 0 Å². The number of ether oxygens (including phenoxy) is 3. The number of anilines is 2. The Morgan fingerprint density at radius 3 is 2.59 bits per heavy atom. The van der Waals surface area contributed by atoms with Crippen LogP contribution in [0.4, 0.5) is 17.3 Å². The zero-order valence-corrected chi connectivity index (χ0v) is 34.0. The Morgan fingerprint density at radius 1 is 1.08 bits per heavy atom. The summed E-state index contributed by atoms with van der Waals surface area (Å²) in [5, 5.41) is 22.9. The fourth-order valence-electron chi connectivity index (χ4n) is 6.22. The lowest BCUT2D eigenvalue weighted by Crippen LogP contribution is -2.43. The highest BCUT2D eigenvalue weighted by Crippen LogP contribution is 2.50. The highest BCUT2D eigenvalue weighted by molar-refractivity contribution is 7.97. The number of aliphatic hydroxyl groups excluding tert-OH is 1. The van der Waals surface area contributed by atoms with Gasteiger partial charge in [0, 0.05) is 31.4 Å². The number of esters is 1. The SMILES string of the molecule is Nc1ccn([C@H]2C[C@H](OP(=O)(O)OC[C@H]3O[C@@H](n4cnc5c(N)ncnc54)[C@H](O)[C@@H]3OC(=O)C(N)CCCCNSc3ncccc3[N+](=O)[O-])[C@@H](COP(=O)(O)O)O2)c(=O)n1. The lowest BCUT2D eigenvalue weighted by Gasteiger charge is -2.24. The van der Waals surface area contributed by atoms with Gasteiger partial charge < -0.3 is 51.2 Å². The van der Waals surface area contributed by atoms with Gasteiger partial charge in [-0.1, -0.05) is 6.42 Å². The number of imidazole rings is 1. The molecule has 9 atom stereocenters. The zero-order valence-electron chi connectivity index (χ0n) is 31.4. The molecular formula is C30H40N12O16P2S. The van der Waals surface area contributed by atoms with Crippen LogP contribution in [0.1, 0.15) is 38.1 Å². The van der Waals surface area contributed by atoms with E-state index in [1.54, 1.807) is 0 Å². The van der Waals surface area contributed by atoms with Gasteiger partial charge in [-0.2, -0.15) is 4.98 Å². The summed E-state index contributed by atoms with van der Waals surface area (Å²) in [5.74, 6) is -1.06. The second-order valence-electron chi connectivity index (χ2n) is 13.3. The van der Waals surface area contributed by atoms with Crippen LogP contribution in [-0.4, -0.2) is 121 Å². The number of nitrogens with two attached hydrogens (primary N) is 3. The molecule has 11 N–H and O–H groups in total. The van der Waals surface area contributed by atoms with E-state index < -0.39 is 94.5 Å². The molecule has 332 valence electrons. The van der Waals surface area contributed by atoms with Crippen LogP contribution in [0.25, 0.3) is 11.2 Å². The summed E-state index contributed by atoms with van der Waals surface area (Å²) >= 11 is 0.975. The third-order valence-electron chi connectivity index (χ3n) is 9.11. The molecule has 6 rings (SSSR count). The van der Waals surface area contributed by atoms with Gasteiger partial charge in [-0.25, -0.2) is 33.9 Å². The first-order valence-electron chi connectivity index (χ1n) is 18.0. The van der Waals surface area contributed by atoms with E-state index in [9.17, 15) is 48.6 Å². The largest absolute Gasteiger partial charge is 0.472 e. The molecule has 0 saturated carbocycles. The third-order valence-corrected chi connectivity index (χ3v) is 11.5. The molecule has 2 aliphatic heterocycles. The molecule has 2 unspecified atom stereocenters. The molecule has 61 heavy (non-hydrogen) atoms. The second kappa shape index (κ2) is 19.6. The van der Waals surface area contributed by atoms with E-state index in [4.69, 9.17) is 40.5 Å². The van der Waals surface area contributed by atoms with Crippen molar-refractivity contribution in [2.45, 2.75) is 79.7 Å². The predicted octanol–water partition coefficient (Wildman–Crippen LogP) is -0.586. The average molecular weight is 919 g/mol. The molecule has 28 nitrogen and oxygen atoms in total. The summed E-state index contributed by atoms with van der Waals surface area (Å²) in [4.78, 5) is 85.6. The number of aromatic nitrogens is 7. The van der Waals surface area contributed by atoms with Gasteiger partial charge in [-0.15, -0.1) is 0 Å². The summed E-state index contributed by atoms with van der Waals surface area (Å²) in [6.45, 7) is -1.34. The Labute approximate surface area is 347 Å². The normalized spacial score (nSPS) is 24.4. The zero-order chi connectivity index (χ0) is 44.1. The average Bonchev–Trinajstić information content (AvgIpc) is 3.89. The number of hydrogen-bond acceptors (Lipinski definition) is 23. The van der Waals surface area contributed by atoms with Gasteiger partial charge in [0.05, 0.1) is 24.5 Å². The van der Waals surface area contributed by atoms with Crippen LogP contribution in [0.15, 0.2) is 53.1 Å². The van der Waals surface area contributed by atoms with Gasteiger partial charge in [0.15, 0.2) is 28.8 Å². The number of pyridine rings is 1. The van der Waals surface area contributed by atoms with Gasteiger partial charge in [0.25, 0.3) is 0 Å². The fourth-order valence-corrected chi connectivity index (χ4v) is 8.27. The molecule has 0 aliphatic carbocycles. The number of hydrogen-bond donors (Lipinski definition) is 8. The van der Waals surface area contributed by atoms with E-state index in [-0.39, 0.29) is 46.4 Å². The molecule has 0 spiro atoms. The molecular weight excluding hydrogens is 878 g/mol. The van der Waals surface area contributed by atoms with Crippen molar-refractivity contribution in [3.63, 3.8) is 0 Å². The highest BCUT2D eigenvalue weighted by Gasteiger charge is 2.50. The smallest absolute Gasteiger partial charge is 0.455 e. The van der Waals surface area contributed by atoms with Crippen LogP contribution < -0.4 is 27.6 Å². The number of carbonyl (C=O) groups excluding carboxylic acids is 1. The van der Waals surface area contributed by atoms with Crippen LogP contribution in [0, 0.1) is 10.1 Å². The van der Waals surface area contributed by atoms with Crippen LogP contribution in [0.2, 0.25) is 0 Å². The molecule has 2 fully saturated rings. The lowest BCUT2D eigenvalue weighted by molar-refractivity contribution is -0.388. The number of unbranched alkanes of at least 4 members (excludes halogenated alkanes) is 1. The van der Waals surface area contributed by atoms with Crippen molar-refractivity contribution in [3.05, 3.63) is 63.8 Å². The molecule has 0 bridgehead atoms. The number of nitro groups is 1. The van der Waals surface area contributed by atoms with Gasteiger partial charge >= 0.3 is 33.0 Å². The number of phosphoric ester groups is 2. The quantitative estimate of drug-likeness (QED) is 0.0137. The maximum absolute atomic E-state index is 13.4. The first-order valence-corrected chi connectivity index (χ1v) is 21.8. The van der Waals surface area contributed by atoms with Crippen LogP contribution in [-0.2, 0) is 41.7 Å². The van der Waals surface area contributed by atoms with E-state index in [1.807, 2.05) is 0 Å². The van der Waals surface area contributed by atoms with E-state index in [2.05, 4.69) is 34.2 Å². The molecule has 31 heteroatoms. The van der Waals surface area contributed by atoms with Crippen molar-refractivity contribution in [3.8, 4) is 0 Å². The standard InChI is InChI=1S/C30H40N12O16P2S/c31-15(4-1-2-8-38-61-27-16(42(46)47)5-3-7-34-27)29(44)57-24-19(56-28(23(24)43)41-14-37-22-25(33)35-13-36-26(22)41)12-54-60(51,52)58-17-10-21(40-9-6-20(32)39-30(40)45)55-18(17)11-53-59(48,49)50/h3,5-7,9,13-15,17-19,21,23-24,28,38,43H,1-2,4,8,10-12,31H2,(H,51,52)(H2,32,39,45)(H2,33,35,36)(H2,48,49,50)/t15?,17-,18+,19+,21+,23+,24+,28+/m0/s1. The minimum atomic E-state index is -5.19. The van der Waals surface area contributed by atoms with Crippen LogP contribution >= 0.6 is 27.6 Å². The first-order chi connectivity index (χ1) is 28.9. The van der Waals surface area contributed by atoms with Crippen molar-refractivity contribution in [2.75, 3.05) is 31.2 Å². The number of nitrogens with zero attached hydrogens (tertiary/aromatic N) is 8. The molecule has 0 radical (unpaired) electrons. The molecule has 4 aromatic rings. The van der Waals surface area contributed by atoms with Crippen molar-refractivity contribution >= 4 is 62.0 Å². The Bertz CT molecular complexity index is 2360. The summed E-state index contributed by atoms with van der Waals surface area (Å²) in [6.07, 6.45) is -4.58. The van der Waals surface area contributed by atoms with Crippen molar-refractivity contribution in [1.82, 2.24) is 38.8 Å². The molecule has 2 aliphatic rings. The molecule has 4 aromatic heterocycles. The van der Waals surface area contributed by atoms with Crippen molar-refractivity contribution in [2.24, 2.45) is 5.73 Å². The molecule has 0 aromatic carbocycles. The van der Waals surface area contributed by atoms with Gasteiger partial charge in [0.1, 0.15) is 54.3 Å². The Hall–Kier alpha value is -4.58. The Kier molecular flexibility index (Phi) is 14.8. The Balaban J connectivity index is 1.11. The monoisotopic (exact) mass is 918 g/mol. The fraction of sp³-hybridized carbons (Fsp3) is 0.500. The summed E-state index contributed by atoms with van der Waals surface area (Å²) in [6, 6.07) is 2.83. The molecule has 2 saturated heterocycles. The molecule has 6 heterocycles. The second-order valence-corrected chi connectivity index (χ2v) is 16.9. The maximum Gasteiger partial charge on any atom is 0.472 e. The maximum atomic E-state index is 13.4. The minimum Gasteiger partial charge on any atom is -0.455 e. The third kappa shape index (κ3) is 11.7. The minimum absolute atomic E-state index is 0.00967. The van der Waals surface area contributed by atoms with Gasteiger partial charge in [0.2, 0.25) is 0 Å². The van der Waals surface area contributed by atoms with Crippen LogP contribution in [0.3, 0.4) is 0 Å². The number of rotatable bonds is 20. The number of aliphatic hydroxyl groups is 1. The number of phosphoric acid groups is 2. The topological polar surface area (TPSA) is 412 Å². The summed E-state index contributed by atoms with van der Waals surface area (Å²) in [7, 11) is -10.3. The van der Waals surface area contributed by atoms with Gasteiger partial charge in [-0.3, -0.25) is 42.3 Å². The van der Waals surface area contributed by atoms with E-state index in [1.165, 1.54) is 41.5 Å². The number of fused-ring (bicyclic) bond motifs is 1. The summed E-state index contributed by atoms with van der Waals surface area (Å²) < 4.78 is 62.6. The predicted molar refractivity (Wildman–Crippen MR) is 206 cm³/mol. The van der Waals surface area contributed by atoms with Gasteiger partial charge in [-0.05, 0) is 36.9 Å². The van der Waals surface area contributed by atoms with E-state index in [0.29, 0.717) is 19.4 Å². The van der Waals surface area contributed by atoms with E-state index in [0.717, 1.165) is 22.8 Å². The summed E-state index contributed by atoms with van der Waals surface area (Å²) in [5.41, 5.74) is 16.9. The molecule has 0 amide bonds. The van der Waals surface area contributed by atoms with Crippen molar-refractivity contribution < 1.29 is 66.4 Å². The van der Waals surface area contributed by atoms with Crippen LogP contribution in [0.5, 0.6) is 0 Å². The number of nitrogens with one attached hydrogen (secondary N) is 1. The highest BCUT2D eigenvalue weighted by atomic mass is 32.2. The Morgan fingerprint density at radius 2 is 1.85 bits per heavy atom. The number of carbonyl (C=O) groups is 1. The van der Waals surface area contributed by atoms with E-state index >= 15 is 0 Å².